The van der Waals surface area contributed by atoms with Crippen LogP contribution in [0.1, 0.15) is 25.7 Å². The first-order chi connectivity index (χ1) is 5.83. The topological polar surface area (TPSA) is 17.1 Å². The van der Waals surface area contributed by atoms with Gasteiger partial charge in [0.05, 0.1) is 0 Å². The highest BCUT2D eigenvalue weighted by Crippen LogP contribution is 2.30. The third-order valence-corrected chi connectivity index (χ3v) is 2.30. The molecule has 0 aromatic heterocycles. The fourth-order valence-electron chi connectivity index (χ4n) is 1.47. The van der Waals surface area contributed by atoms with E-state index >= 15 is 0 Å². The predicted octanol–water partition coefficient (Wildman–Crippen LogP) is 2.69. The van der Waals surface area contributed by atoms with Crippen LogP contribution in [0.25, 0.3) is 0 Å². The van der Waals surface area contributed by atoms with Crippen LogP contribution >= 0.6 is 0 Å². The minimum absolute atomic E-state index is 0.216. The van der Waals surface area contributed by atoms with E-state index in [2.05, 4.69) is 13.0 Å². The summed E-state index contributed by atoms with van der Waals surface area (Å²) in [4.78, 5) is 10.9. The van der Waals surface area contributed by atoms with Gasteiger partial charge < -0.3 is 4.79 Å². The number of allylic oxidation sites excluding steroid dienone is 4. The van der Waals surface area contributed by atoms with Gasteiger partial charge in [0.25, 0.3) is 0 Å². The van der Waals surface area contributed by atoms with Gasteiger partial charge in [0.2, 0.25) is 0 Å². The molecule has 0 heterocycles. The smallest absolute Gasteiger partial charge is 0.130 e. The molecule has 0 saturated heterocycles. The zero-order valence-electron chi connectivity index (χ0n) is 7.33. The minimum Gasteiger partial charge on any atom is -0.302 e. The van der Waals surface area contributed by atoms with Crippen LogP contribution in [-0.2, 0) is 4.79 Å². The summed E-state index contributed by atoms with van der Waals surface area (Å²) in [7, 11) is 0. The predicted molar refractivity (Wildman–Crippen MR) is 50.6 cm³/mol. The van der Waals surface area contributed by atoms with E-state index in [1.54, 1.807) is 0 Å². The Hall–Kier alpha value is -0.850. The van der Waals surface area contributed by atoms with Crippen LogP contribution in [0.15, 0.2) is 24.3 Å². The standard InChI is InChI=1S/C11H15O/c1-2-3-7-11(10-12)8-5-4-6-9-11/h4-6,8,10H,1-3,7,9H2. The van der Waals surface area contributed by atoms with Crippen molar-refractivity contribution in [2.24, 2.45) is 5.41 Å². The summed E-state index contributed by atoms with van der Waals surface area (Å²) in [6, 6.07) is 0. The maximum absolute atomic E-state index is 10.9. The maximum Gasteiger partial charge on any atom is 0.130 e. The van der Waals surface area contributed by atoms with Crippen molar-refractivity contribution in [3.05, 3.63) is 31.2 Å². The lowest BCUT2D eigenvalue weighted by molar-refractivity contribution is -0.114. The summed E-state index contributed by atoms with van der Waals surface area (Å²) in [6.07, 6.45) is 12.8. The molecule has 0 aromatic rings. The highest BCUT2D eigenvalue weighted by molar-refractivity contribution is 5.64. The molecule has 1 radical (unpaired) electrons. The first-order valence-corrected chi connectivity index (χ1v) is 4.43. The van der Waals surface area contributed by atoms with Crippen LogP contribution in [0.5, 0.6) is 0 Å². The van der Waals surface area contributed by atoms with Gasteiger partial charge >= 0.3 is 0 Å². The molecule has 65 valence electrons. The lowest BCUT2D eigenvalue weighted by Gasteiger charge is -2.24. The van der Waals surface area contributed by atoms with E-state index in [0.29, 0.717) is 0 Å². The summed E-state index contributed by atoms with van der Waals surface area (Å²) in [5, 5.41) is 0. The molecular weight excluding hydrogens is 148 g/mol. The normalized spacial score (nSPS) is 27.4. The first kappa shape index (κ1) is 9.24. The van der Waals surface area contributed by atoms with Crippen molar-refractivity contribution < 1.29 is 4.79 Å². The van der Waals surface area contributed by atoms with E-state index in [0.717, 1.165) is 32.0 Å². The summed E-state index contributed by atoms with van der Waals surface area (Å²) in [5.41, 5.74) is -0.216. The lowest BCUT2D eigenvalue weighted by Crippen LogP contribution is -2.20. The van der Waals surface area contributed by atoms with Crippen LogP contribution in [0.4, 0.5) is 0 Å². The van der Waals surface area contributed by atoms with Crippen LogP contribution in [0.3, 0.4) is 0 Å². The Balaban J connectivity index is 2.57. The number of rotatable bonds is 4. The third-order valence-electron chi connectivity index (χ3n) is 2.30. The number of hydrogen-bond acceptors (Lipinski definition) is 1. The fraction of sp³-hybridized carbons (Fsp3) is 0.455. The summed E-state index contributed by atoms with van der Waals surface area (Å²) in [6.45, 7) is 3.78. The van der Waals surface area contributed by atoms with Crippen molar-refractivity contribution in [1.82, 2.24) is 0 Å². The van der Waals surface area contributed by atoms with Crippen molar-refractivity contribution in [2.45, 2.75) is 25.7 Å². The Morgan fingerprint density at radius 3 is 2.83 bits per heavy atom. The maximum atomic E-state index is 10.9. The molecule has 1 aliphatic carbocycles. The Kier molecular flexibility index (Phi) is 3.27. The minimum atomic E-state index is -0.216. The fourth-order valence-corrected chi connectivity index (χ4v) is 1.47. The second-order valence-corrected chi connectivity index (χ2v) is 3.30. The molecule has 1 unspecified atom stereocenters. The molecule has 0 saturated carbocycles. The molecule has 1 nitrogen and oxygen atoms in total. The second kappa shape index (κ2) is 4.24. The Labute approximate surface area is 74.2 Å². The van der Waals surface area contributed by atoms with Gasteiger partial charge in [-0.25, -0.2) is 0 Å². The van der Waals surface area contributed by atoms with Gasteiger partial charge in [0, 0.05) is 5.41 Å². The van der Waals surface area contributed by atoms with Gasteiger partial charge in [0.15, 0.2) is 0 Å². The van der Waals surface area contributed by atoms with E-state index in [1.165, 1.54) is 0 Å². The quantitative estimate of drug-likeness (QED) is 0.582. The number of hydrogen-bond donors (Lipinski definition) is 0. The monoisotopic (exact) mass is 163 g/mol. The Bertz CT molecular complexity index is 203. The van der Waals surface area contributed by atoms with E-state index in [1.807, 2.05) is 18.2 Å². The molecule has 0 amide bonds. The van der Waals surface area contributed by atoms with Gasteiger partial charge in [-0.3, -0.25) is 0 Å². The SMILES string of the molecule is [CH2]CCCC1(C=O)C=CC=CC1. The molecule has 1 atom stereocenters. The van der Waals surface area contributed by atoms with Gasteiger partial charge in [-0.2, -0.15) is 0 Å². The molecule has 1 aliphatic rings. The van der Waals surface area contributed by atoms with Crippen molar-refractivity contribution in [2.75, 3.05) is 0 Å². The first-order valence-electron chi connectivity index (χ1n) is 4.43. The molecule has 0 aliphatic heterocycles. The zero-order valence-corrected chi connectivity index (χ0v) is 7.33. The van der Waals surface area contributed by atoms with Gasteiger partial charge in [-0.05, 0) is 12.8 Å². The largest absolute Gasteiger partial charge is 0.302 e. The number of aldehydes is 1. The van der Waals surface area contributed by atoms with E-state index in [-0.39, 0.29) is 5.41 Å². The number of carbonyl (C=O) groups is 1. The van der Waals surface area contributed by atoms with E-state index in [9.17, 15) is 4.79 Å². The van der Waals surface area contributed by atoms with Crippen molar-refractivity contribution in [3.8, 4) is 0 Å². The molecular formula is C11H15O. The van der Waals surface area contributed by atoms with Crippen LogP contribution in [0.2, 0.25) is 0 Å². The average Bonchev–Trinajstić information content (AvgIpc) is 2.16. The summed E-state index contributed by atoms with van der Waals surface area (Å²) < 4.78 is 0. The summed E-state index contributed by atoms with van der Waals surface area (Å²) >= 11 is 0. The van der Waals surface area contributed by atoms with Crippen LogP contribution in [-0.4, -0.2) is 6.29 Å². The van der Waals surface area contributed by atoms with Crippen LogP contribution < -0.4 is 0 Å². The second-order valence-electron chi connectivity index (χ2n) is 3.30. The van der Waals surface area contributed by atoms with Crippen molar-refractivity contribution >= 4 is 6.29 Å². The van der Waals surface area contributed by atoms with Gasteiger partial charge in [-0.15, -0.1) is 0 Å². The molecule has 0 aromatic carbocycles. The zero-order chi connectivity index (χ0) is 8.86. The Morgan fingerprint density at radius 1 is 1.50 bits per heavy atom. The van der Waals surface area contributed by atoms with E-state index in [4.69, 9.17) is 0 Å². The van der Waals surface area contributed by atoms with Crippen molar-refractivity contribution in [1.29, 1.82) is 0 Å². The molecule has 0 N–H and O–H groups in total. The molecule has 0 fully saturated rings. The van der Waals surface area contributed by atoms with E-state index < -0.39 is 0 Å². The Morgan fingerprint density at radius 2 is 2.33 bits per heavy atom. The lowest BCUT2D eigenvalue weighted by atomic mass is 9.79. The summed E-state index contributed by atoms with van der Waals surface area (Å²) in [5.74, 6) is 0. The highest BCUT2D eigenvalue weighted by Gasteiger charge is 2.25. The number of carbonyl (C=O) groups excluding carboxylic acids is 1. The molecule has 12 heavy (non-hydrogen) atoms. The average molecular weight is 163 g/mol. The molecule has 1 rings (SSSR count). The molecule has 1 heteroatoms. The molecule has 0 spiro atoms. The molecule has 0 bridgehead atoms. The highest BCUT2D eigenvalue weighted by atomic mass is 16.1. The number of unbranched alkanes of at least 4 members (excludes halogenated alkanes) is 1. The van der Waals surface area contributed by atoms with Crippen molar-refractivity contribution in [3.63, 3.8) is 0 Å². The van der Waals surface area contributed by atoms with Gasteiger partial charge in [-0.1, -0.05) is 44.1 Å². The third kappa shape index (κ3) is 2.07. The van der Waals surface area contributed by atoms with Gasteiger partial charge in [0.1, 0.15) is 6.29 Å². The van der Waals surface area contributed by atoms with Crippen LogP contribution in [0, 0.1) is 12.3 Å².